The number of benzene rings is 1. The van der Waals surface area contributed by atoms with E-state index in [1.54, 1.807) is 0 Å². The van der Waals surface area contributed by atoms with Gasteiger partial charge in [-0.2, -0.15) is 5.10 Å². The molecule has 0 bridgehead atoms. The van der Waals surface area contributed by atoms with Crippen LogP contribution in [-0.2, 0) is 12.0 Å². The van der Waals surface area contributed by atoms with Crippen molar-refractivity contribution in [3.05, 3.63) is 47.8 Å². The van der Waals surface area contributed by atoms with Crippen molar-refractivity contribution in [2.75, 3.05) is 0 Å². The summed E-state index contributed by atoms with van der Waals surface area (Å²) >= 11 is 0. The number of aromatic nitrogens is 2. The van der Waals surface area contributed by atoms with Crippen LogP contribution < -0.4 is 4.74 Å². The Morgan fingerprint density at radius 3 is 2.25 bits per heavy atom. The fourth-order valence-corrected chi connectivity index (χ4v) is 1.95. The fourth-order valence-electron chi connectivity index (χ4n) is 1.95. The Hall–Kier alpha value is -1.77. The van der Waals surface area contributed by atoms with E-state index in [1.807, 2.05) is 29.1 Å². The van der Waals surface area contributed by atoms with Crippen LogP contribution in [0.1, 0.15) is 51.9 Å². The summed E-state index contributed by atoms with van der Waals surface area (Å²) in [4.78, 5) is 0. The lowest BCUT2D eigenvalue weighted by Gasteiger charge is -2.19. The SMILES string of the molecule is CC(C)n1ccc(COc2ccc(C(C)(C)C)cc2)n1. The van der Waals surface area contributed by atoms with Crippen molar-refractivity contribution in [3.8, 4) is 5.75 Å². The summed E-state index contributed by atoms with van der Waals surface area (Å²) in [7, 11) is 0. The van der Waals surface area contributed by atoms with E-state index in [-0.39, 0.29) is 5.41 Å². The molecule has 0 aliphatic heterocycles. The van der Waals surface area contributed by atoms with Gasteiger partial charge in [0.15, 0.2) is 0 Å². The average molecular weight is 272 g/mol. The highest BCUT2D eigenvalue weighted by Gasteiger charge is 2.13. The maximum atomic E-state index is 5.78. The van der Waals surface area contributed by atoms with Gasteiger partial charge in [0.05, 0.1) is 5.69 Å². The van der Waals surface area contributed by atoms with Crippen molar-refractivity contribution >= 4 is 0 Å². The standard InChI is InChI=1S/C17H24N2O/c1-13(2)19-11-10-15(18-19)12-20-16-8-6-14(7-9-16)17(3,4)5/h6-11,13H,12H2,1-5H3. The number of nitrogens with zero attached hydrogens (tertiary/aromatic N) is 2. The molecule has 0 aliphatic rings. The zero-order valence-corrected chi connectivity index (χ0v) is 13.1. The van der Waals surface area contributed by atoms with Crippen molar-refractivity contribution in [2.45, 2.75) is 52.7 Å². The maximum Gasteiger partial charge on any atom is 0.132 e. The molecular formula is C17H24N2O. The molecule has 0 N–H and O–H groups in total. The largest absolute Gasteiger partial charge is 0.487 e. The highest BCUT2D eigenvalue weighted by molar-refractivity contribution is 5.31. The lowest BCUT2D eigenvalue weighted by molar-refractivity contribution is 0.298. The Balaban J connectivity index is 1.97. The minimum absolute atomic E-state index is 0.175. The molecular weight excluding hydrogens is 248 g/mol. The first-order chi connectivity index (χ1) is 9.36. The van der Waals surface area contributed by atoms with E-state index in [2.05, 4.69) is 51.9 Å². The molecule has 0 saturated heterocycles. The van der Waals surface area contributed by atoms with Gasteiger partial charge in [0.2, 0.25) is 0 Å². The number of ether oxygens (including phenoxy) is 1. The van der Waals surface area contributed by atoms with Gasteiger partial charge in [0.1, 0.15) is 12.4 Å². The molecule has 1 aromatic carbocycles. The molecule has 0 saturated carbocycles. The summed E-state index contributed by atoms with van der Waals surface area (Å²) in [5.74, 6) is 0.886. The van der Waals surface area contributed by atoms with Crippen molar-refractivity contribution in [1.29, 1.82) is 0 Å². The van der Waals surface area contributed by atoms with Crippen molar-refractivity contribution in [3.63, 3.8) is 0 Å². The van der Waals surface area contributed by atoms with Crippen LogP contribution in [0.15, 0.2) is 36.5 Å². The molecule has 20 heavy (non-hydrogen) atoms. The van der Waals surface area contributed by atoms with E-state index in [0.717, 1.165) is 11.4 Å². The third kappa shape index (κ3) is 3.62. The third-order valence-electron chi connectivity index (χ3n) is 3.30. The Labute approximate surface area is 121 Å². The molecule has 0 atom stereocenters. The first kappa shape index (κ1) is 14.6. The second-order valence-corrected chi connectivity index (χ2v) is 6.44. The van der Waals surface area contributed by atoms with Crippen LogP contribution in [0.25, 0.3) is 0 Å². The highest BCUT2D eigenvalue weighted by Crippen LogP contribution is 2.24. The molecule has 3 nitrogen and oxygen atoms in total. The molecule has 2 rings (SSSR count). The topological polar surface area (TPSA) is 27.1 Å². The Kier molecular flexibility index (Phi) is 4.17. The number of rotatable bonds is 4. The van der Waals surface area contributed by atoms with Crippen LogP contribution in [-0.4, -0.2) is 9.78 Å². The van der Waals surface area contributed by atoms with Crippen LogP contribution >= 0.6 is 0 Å². The summed E-state index contributed by atoms with van der Waals surface area (Å²) in [6.07, 6.45) is 1.99. The molecule has 0 aliphatic carbocycles. The van der Waals surface area contributed by atoms with E-state index in [0.29, 0.717) is 12.6 Å². The average Bonchev–Trinajstić information content (AvgIpc) is 2.85. The summed E-state index contributed by atoms with van der Waals surface area (Å²) in [6, 6.07) is 10.7. The van der Waals surface area contributed by atoms with E-state index in [4.69, 9.17) is 4.74 Å². The molecule has 0 radical (unpaired) electrons. The normalized spacial score (nSPS) is 11.9. The minimum Gasteiger partial charge on any atom is -0.487 e. The monoisotopic (exact) mass is 272 g/mol. The van der Waals surface area contributed by atoms with Crippen LogP contribution in [0, 0.1) is 0 Å². The van der Waals surface area contributed by atoms with Crippen LogP contribution in [0.4, 0.5) is 0 Å². The second-order valence-electron chi connectivity index (χ2n) is 6.44. The summed E-state index contributed by atoms with van der Waals surface area (Å²) in [5, 5.41) is 4.47. The zero-order chi connectivity index (χ0) is 14.8. The van der Waals surface area contributed by atoms with E-state index in [1.165, 1.54) is 5.56 Å². The smallest absolute Gasteiger partial charge is 0.132 e. The van der Waals surface area contributed by atoms with Gasteiger partial charge in [-0.25, -0.2) is 0 Å². The quantitative estimate of drug-likeness (QED) is 0.827. The minimum atomic E-state index is 0.175. The molecule has 1 heterocycles. The van der Waals surface area contributed by atoms with Gasteiger partial charge in [-0.05, 0) is 43.0 Å². The van der Waals surface area contributed by atoms with E-state index in [9.17, 15) is 0 Å². The molecule has 108 valence electrons. The van der Waals surface area contributed by atoms with E-state index >= 15 is 0 Å². The van der Waals surface area contributed by atoms with Crippen molar-refractivity contribution in [1.82, 2.24) is 9.78 Å². The first-order valence-corrected chi connectivity index (χ1v) is 7.13. The Morgan fingerprint density at radius 2 is 1.75 bits per heavy atom. The predicted octanol–water partition coefficient (Wildman–Crippen LogP) is 4.34. The lowest BCUT2D eigenvalue weighted by atomic mass is 9.87. The Morgan fingerprint density at radius 1 is 1.10 bits per heavy atom. The van der Waals surface area contributed by atoms with Crippen molar-refractivity contribution in [2.24, 2.45) is 0 Å². The summed E-state index contributed by atoms with van der Waals surface area (Å²) < 4.78 is 7.72. The van der Waals surface area contributed by atoms with Crippen molar-refractivity contribution < 1.29 is 4.74 Å². The van der Waals surface area contributed by atoms with E-state index < -0.39 is 0 Å². The van der Waals surface area contributed by atoms with Crippen LogP contribution in [0.3, 0.4) is 0 Å². The van der Waals surface area contributed by atoms with Gasteiger partial charge in [-0.15, -0.1) is 0 Å². The van der Waals surface area contributed by atoms with Gasteiger partial charge in [0, 0.05) is 12.2 Å². The molecule has 0 unspecified atom stereocenters. The molecule has 2 aromatic rings. The summed E-state index contributed by atoms with van der Waals surface area (Å²) in [6.45, 7) is 11.4. The third-order valence-corrected chi connectivity index (χ3v) is 3.30. The summed E-state index contributed by atoms with van der Waals surface area (Å²) in [5.41, 5.74) is 2.45. The fraction of sp³-hybridized carbons (Fsp3) is 0.471. The number of hydrogen-bond donors (Lipinski definition) is 0. The molecule has 0 fully saturated rings. The van der Waals surface area contributed by atoms with Gasteiger partial charge in [0.25, 0.3) is 0 Å². The Bertz CT molecular complexity index is 547. The van der Waals surface area contributed by atoms with Gasteiger partial charge < -0.3 is 4.74 Å². The zero-order valence-electron chi connectivity index (χ0n) is 13.1. The first-order valence-electron chi connectivity index (χ1n) is 7.13. The maximum absolute atomic E-state index is 5.78. The second kappa shape index (κ2) is 5.70. The molecule has 0 amide bonds. The predicted molar refractivity (Wildman–Crippen MR) is 82.1 cm³/mol. The van der Waals surface area contributed by atoms with Gasteiger partial charge in [-0.1, -0.05) is 32.9 Å². The van der Waals surface area contributed by atoms with Gasteiger partial charge in [-0.3, -0.25) is 4.68 Å². The molecule has 3 heteroatoms. The van der Waals surface area contributed by atoms with Crippen LogP contribution in [0.2, 0.25) is 0 Å². The lowest BCUT2D eigenvalue weighted by Crippen LogP contribution is -2.10. The number of hydrogen-bond acceptors (Lipinski definition) is 2. The molecule has 1 aromatic heterocycles. The molecule has 0 spiro atoms. The van der Waals surface area contributed by atoms with Gasteiger partial charge >= 0.3 is 0 Å². The highest BCUT2D eigenvalue weighted by atomic mass is 16.5. The van der Waals surface area contributed by atoms with Crippen LogP contribution in [0.5, 0.6) is 5.75 Å².